The molecule has 0 fully saturated rings. The highest BCUT2D eigenvalue weighted by atomic mass is 16.1. The van der Waals surface area contributed by atoms with Crippen molar-refractivity contribution in [1.29, 1.82) is 0 Å². The van der Waals surface area contributed by atoms with Gasteiger partial charge in [-0.2, -0.15) is 0 Å². The minimum absolute atomic E-state index is 0.0237. The first kappa shape index (κ1) is 12.9. The van der Waals surface area contributed by atoms with Gasteiger partial charge in [0.2, 0.25) is 0 Å². The molecule has 0 radical (unpaired) electrons. The fourth-order valence-corrected chi connectivity index (χ4v) is 1.63. The summed E-state index contributed by atoms with van der Waals surface area (Å²) in [5.74, 6) is 2.00. The second kappa shape index (κ2) is 5.83. The lowest BCUT2D eigenvalue weighted by Gasteiger charge is -2.07. The molecule has 3 heteroatoms. The lowest BCUT2D eigenvalue weighted by atomic mass is 10.1. The maximum atomic E-state index is 11.4. The van der Waals surface area contributed by atoms with E-state index in [2.05, 4.69) is 37.7 Å². The van der Waals surface area contributed by atoms with Gasteiger partial charge in [0.05, 0.1) is 0 Å². The summed E-state index contributed by atoms with van der Waals surface area (Å²) in [5.41, 5.74) is 0.891. The molecule has 1 aromatic rings. The summed E-state index contributed by atoms with van der Waals surface area (Å²) in [6.45, 7) is 8.62. The zero-order valence-corrected chi connectivity index (χ0v) is 10.7. The molecule has 0 spiro atoms. The number of aryl methyl sites for hydroxylation is 1. The Morgan fingerprint density at radius 1 is 1.25 bits per heavy atom. The predicted molar refractivity (Wildman–Crippen MR) is 66.6 cm³/mol. The summed E-state index contributed by atoms with van der Waals surface area (Å²) in [5, 5.41) is 0. The van der Waals surface area contributed by atoms with Crippen molar-refractivity contribution in [3.63, 3.8) is 0 Å². The molecular weight excluding hydrogens is 200 g/mol. The summed E-state index contributed by atoms with van der Waals surface area (Å²) in [6.07, 6.45) is 2.80. The third-order valence-electron chi connectivity index (χ3n) is 2.42. The van der Waals surface area contributed by atoms with Crippen LogP contribution < -0.4 is 5.56 Å². The van der Waals surface area contributed by atoms with E-state index in [0.29, 0.717) is 11.8 Å². The Bertz CT molecular complexity index is 380. The molecule has 0 bridgehead atoms. The van der Waals surface area contributed by atoms with E-state index in [1.54, 1.807) is 6.07 Å². The Kier molecular flexibility index (Phi) is 4.71. The van der Waals surface area contributed by atoms with E-state index >= 15 is 0 Å². The van der Waals surface area contributed by atoms with Crippen LogP contribution in [-0.4, -0.2) is 9.97 Å². The van der Waals surface area contributed by atoms with Crippen LogP contribution in [0.1, 0.15) is 45.6 Å². The van der Waals surface area contributed by atoms with Gasteiger partial charge >= 0.3 is 0 Å². The van der Waals surface area contributed by atoms with E-state index in [1.165, 1.54) is 0 Å². The minimum Gasteiger partial charge on any atom is -0.311 e. The molecule has 3 nitrogen and oxygen atoms in total. The van der Waals surface area contributed by atoms with Gasteiger partial charge in [-0.3, -0.25) is 4.79 Å². The van der Waals surface area contributed by atoms with Crippen LogP contribution in [0.3, 0.4) is 0 Å². The Hall–Kier alpha value is -1.12. The van der Waals surface area contributed by atoms with Crippen LogP contribution in [0.5, 0.6) is 0 Å². The maximum absolute atomic E-state index is 11.4. The van der Waals surface area contributed by atoms with E-state index in [1.807, 2.05) is 0 Å². The van der Waals surface area contributed by atoms with Crippen LogP contribution in [0.15, 0.2) is 10.9 Å². The molecule has 16 heavy (non-hydrogen) atoms. The highest BCUT2D eigenvalue weighted by molar-refractivity contribution is 5.03. The maximum Gasteiger partial charge on any atom is 0.251 e. The molecule has 0 aromatic carbocycles. The zero-order chi connectivity index (χ0) is 12.1. The smallest absolute Gasteiger partial charge is 0.251 e. The van der Waals surface area contributed by atoms with Crippen LogP contribution in [-0.2, 0) is 12.8 Å². The topological polar surface area (TPSA) is 45.8 Å². The summed E-state index contributed by atoms with van der Waals surface area (Å²) in [6, 6.07) is 1.61. The monoisotopic (exact) mass is 222 g/mol. The number of nitrogens with zero attached hydrogens (tertiary/aromatic N) is 1. The Labute approximate surface area is 97.3 Å². The molecule has 0 saturated heterocycles. The summed E-state index contributed by atoms with van der Waals surface area (Å²) in [4.78, 5) is 18.7. The third-order valence-corrected chi connectivity index (χ3v) is 2.42. The molecule has 0 aliphatic carbocycles. The molecule has 0 unspecified atom stereocenters. The SMILES string of the molecule is CC(C)CCc1nc(CC(C)C)cc(=O)[nH]1. The van der Waals surface area contributed by atoms with E-state index in [4.69, 9.17) is 0 Å². The van der Waals surface area contributed by atoms with Gasteiger partial charge in [-0.05, 0) is 24.7 Å². The number of H-pyrrole nitrogens is 1. The third kappa shape index (κ3) is 4.60. The van der Waals surface area contributed by atoms with Crippen LogP contribution in [0.2, 0.25) is 0 Å². The normalized spacial score (nSPS) is 11.4. The van der Waals surface area contributed by atoms with Gasteiger partial charge in [0.1, 0.15) is 5.82 Å². The predicted octanol–water partition coefficient (Wildman–Crippen LogP) is 2.56. The molecule has 0 aliphatic heterocycles. The molecule has 1 heterocycles. The molecule has 1 rings (SSSR count). The van der Waals surface area contributed by atoms with E-state index in [-0.39, 0.29) is 5.56 Å². The van der Waals surface area contributed by atoms with E-state index < -0.39 is 0 Å². The van der Waals surface area contributed by atoms with Crippen LogP contribution >= 0.6 is 0 Å². The molecule has 0 amide bonds. The van der Waals surface area contributed by atoms with Crippen molar-refractivity contribution in [3.8, 4) is 0 Å². The van der Waals surface area contributed by atoms with Crippen molar-refractivity contribution in [3.05, 3.63) is 27.9 Å². The van der Waals surface area contributed by atoms with Crippen molar-refractivity contribution in [2.45, 2.75) is 47.0 Å². The standard InChI is InChI=1S/C13H22N2O/c1-9(2)5-6-12-14-11(7-10(3)4)8-13(16)15-12/h8-10H,5-7H2,1-4H3,(H,14,15,16). The lowest BCUT2D eigenvalue weighted by molar-refractivity contribution is 0.568. The summed E-state index contributed by atoms with van der Waals surface area (Å²) in [7, 11) is 0. The van der Waals surface area contributed by atoms with E-state index in [9.17, 15) is 4.79 Å². The first-order chi connectivity index (χ1) is 7.47. The molecule has 0 saturated carbocycles. The highest BCUT2D eigenvalue weighted by Crippen LogP contribution is 2.07. The number of rotatable bonds is 5. The first-order valence-corrected chi connectivity index (χ1v) is 6.06. The highest BCUT2D eigenvalue weighted by Gasteiger charge is 2.04. The quantitative estimate of drug-likeness (QED) is 0.832. The Morgan fingerprint density at radius 2 is 1.94 bits per heavy atom. The molecular formula is C13H22N2O. The van der Waals surface area contributed by atoms with Gasteiger partial charge in [0.25, 0.3) is 5.56 Å². The second-order valence-corrected chi connectivity index (χ2v) is 5.21. The van der Waals surface area contributed by atoms with Crippen molar-refractivity contribution in [2.75, 3.05) is 0 Å². The second-order valence-electron chi connectivity index (χ2n) is 5.21. The summed E-state index contributed by atoms with van der Waals surface area (Å²) >= 11 is 0. The lowest BCUT2D eigenvalue weighted by Crippen LogP contribution is -2.14. The zero-order valence-electron chi connectivity index (χ0n) is 10.7. The molecule has 1 N–H and O–H groups in total. The number of hydrogen-bond donors (Lipinski definition) is 1. The van der Waals surface area contributed by atoms with Crippen molar-refractivity contribution < 1.29 is 0 Å². The fourth-order valence-electron chi connectivity index (χ4n) is 1.63. The molecule has 90 valence electrons. The summed E-state index contributed by atoms with van der Waals surface area (Å²) < 4.78 is 0. The fraction of sp³-hybridized carbons (Fsp3) is 0.692. The van der Waals surface area contributed by atoms with Crippen molar-refractivity contribution in [1.82, 2.24) is 9.97 Å². The number of hydrogen-bond acceptors (Lipinski definition) is 2. The van der Waals surface area contributed by atoms with Crippen LogP contribution in [0.4, 0.5) is 0 Å². The van der Waals surface area contributed by atoms with Gasteiger partial charge in [0, 0.05) is 18.2 Å². The molecule has 0 atom stereocenters. The Balaban J connectivity index is 2.77. The van der Waals surface area contributed by atoms with Crippen molar-refractivity contribution >= 4 is 0 Å². The largest absolute Gasteiger partial charge is 0.311 e. The number of nitrogens with one attached hydrogen (secondary N) is 1. The van der Waals surface area contributed by atoms with Gasteiger partial charge in [-0.25, -0.2) is 4.98 Å². The van der Waals surface area contributed by atoms with Crippen molar-refractivity contribution in [2.24, 2.45) is 11.8 Å². The Morgan fingerprint density at radius 3 is 2.50 bits per heavy atom. The number of aromatic nitrogens is 2. The van der Waals surface area contributed by atoms with E-state index in [0.717, 1.165) is 30.8 Å². The molecule has 0 aliphatic rings. The average molecular weight is 222 g/mol. The van der Waals surface area contributed by atoms with Crippen LogP contribution in [0, 0.1) is 11.8 Å². The molecule has 1 aromatic heterocycles. The van der Waals surface area contributed by atoms with Gasteiger partial charge in [-0.15, -0.1) is 0 Å². The van der Waals surface area contributed by atoms with Gasteiger partial charge < -0.3 is 4.98 Å². The minimum atomic E-state index is -0.0237. The number of aromatic amines is 1. The first-order valence-electron chi connectivity index (χ1n) is 6.06. The average Bonchev–Trinajstić information content (AvgIpc) is 2.12. The van der Waals surface area contributed by atoms with Crippen LogP contribution in [0.25, 0.3) is 0 Å². The van der Waals surface area contributed by atoms with Gasteiger partial charge in [-0.1, -0.05) is 27.7 Å². The van der Waals surface area contributed by atoms with Gasteiger partial charge in [0.15, 0.2) is 0 Å².